The summed E-state index contributed by atoms with van der Waals surface area (Å²) in [6, 6.07) is 1.08. The zero-order valence-corrected chi connectivity index (χ0v) is 6.10. The van der Waals surface area contributed by atoms with E-state index in [4.69, 9.17) is 5.73 Å². The number of nitrogen functional groups attached to an aromatic ring is 1. The van der Waals surface area contributed by atoms with Gasteiger partial charge in [-0.1, -0.05) is 0 Å². The predicted octanol–water partition coefficient (Wildman–Crippen LogP) is 2.07. The molecule has 1 aromatic heterocycles. The maximum absolute atomic E-state index is 12.1. The second-order valence-electron chi connectivity index (χ2n) is 2.19. The summed E-state index contributed by atoms with van der Waals surface area (Å²) >= 11 is 0. The third-order valence-corrected chi connectivity index (χ3v) is 1.47. The summed E-state index contributed by atoms with van der Waals surface area (Å²) in [5, 5.41) is 0. The first kappa shape index (κ1) is 8.83. The number of rotatable bonds is 2. The fourth-order valence-electron chi connectivity index (χ4n) is 0.830. The van der Waals surface area contributed by atoms with Crippen LogP contribution in [0.25, 0.3) is 0 Å². The number of halogens is 3. The molecule has 12 heavy (non-hydrogen) atoms. The molecule has 0 amide bonds. The number of pyridine rings is 1. The first-order valence-electron chi connectivity index (χ1n) is 3.24. The normalized spacial score (nSPS) is 10.7. The number of alkyl halides is 3. The maximum Gasteiger partial charge on any atom is 0.265 e. The summed E-state index contributed by atoms with van der Waals surface area (Å²) in [5.41, 5.74) is 4.46. The third-order valence-electron chi connectivity index (χ3n) is 1.47. The number of nitrogens with two attached hydrogens (primary N) is 1. The van der Waals surface area contributed by atoms with Crippen LogP contribution in [0.5, 0.6) is 0 Å². The van der Waals surface area contributed by atoms with Crippen LogP contribution in [0.15, 0.2) is 12.3 Å². The average Bonchev–Trinajstić information content (AvgIpc) is 2.04. The molecule has 1 aromatic rings. The van der Waals surface area contributed by atoms with Gasteiger partial charge in [-0.2, -0.15) is 0 Å². The van der Waals surface area contributed by atoms with E-state index in [0.717, 1.165) is 12.3 Å². The SMILES string of the molecule is Nc1c(C(F)F)ccnc1CF. The Morgan fingerprint density at radius 2 is 2.17 bits per heavy atom. The van der Waals surface area contributed by atoms with Gasteiger partial charge in [-0.25, -0.2) is 13.2 Å². The van der Waals surface area contributed by atoms with E-state index in [1.807, 2.05) is 0 Å². The predicted molar refractivity (Wildman–Crippen MR) is 38.4 cm³/mol. The fraction of sp³-hybridized carbons (Fsp3) is 0.286. The number of nitrogens with zero attached hydrogens (tertiary/aromatic N) is 1. The first-order valence-corrected chi connectivity index (χ1v) is 3.24. The van der Waals surface area contributed by atoms with Crippen LogP contribution < -0.4 is 5.73 Å². The summed E-state index contributed by atoms with van der Waals surface area (Å²) in [6.45, 7) is -0.924. The Bertz CT molecular complexity index is 275. The Balaban J connectivity index is 3.14. The van der Waals surface area contributed by atoms with Gasteiger partial charge < -0.3 is 5.73 Å². The van der Waals surface area contributed by atoms with Gasteiger partial charge in [0.25, 0.3) is 6.43 Å². The highest BCUT2D eigenvalue weighted by molar-refractivity contribution is 5.50. The maximum atomic E-state index is 12.1. The van der Waals surface area contributed by atoms with Crippen molar-refractivity contribution in [1.82, 2.24) is 4.98 Å². The molecule has 0 aliphatic rings. The van der Waals surface area contributed by atoms with Crippen molar-refractivity contribution in [3.8, 4) is 0 Å². The van der Waals surface area contributed by atoms with Crippen LogP contribution in [0.4, 0.5) is 18.9 Å². The number of aromatic nitrogens is 1. The zero-order valence-electron chi connectivity index (χ0n) is 6.10. The molecule has 0 spiro atoms. The molecule has 0 aliphatic carbocycles. The summed E-state index contributed by atoms with van der Waals surface area (Å²) in [7, 11) is 0. The van der Waals surface area contributed by atoms with E-state index in [0.29, 0.717) is 0 Å². The van der Waals surface area contributed by atoms with Crippen molar-refractivity contribution in [2.75, 3.05) is 5.73 Å². The second-order valence-corrected chi connectivity index (χ2v) is 2.19. The minimum atomic E-state index is -2.68. The van der Waals surface area contributed by atoms with Crippen LogP contribution in [0.1, 0.15) is 17.7 Å². The highest BCUT2D eigenvalue weighted by Gasteiger charge is 2.13. The van der Waals surface area contributed by atoms with Gasteiger partial charge in [0.1, 0.15) is 6.67 Å². The first-order chi connectivity index (χ1) is 5.66. The van der Waals surface area contributed by atoms with Gasteiger partial charge in [0.05, 0.1) is 11.4 Å². The molecule has 0 aromatic carbocycles. The van der Waals surface area contributed by atoms with E-state index >= 15 is 0 Å². The van der Waals surface area contributed by atoms with Gasteiger partial charge in [-0.15, -0.1) is 0 Å². The van der Waals surface area contributed by atoms with Crippen LogP contribution in [0, 0.1) is 0 Å². The lowest BCUT2D eigenvalue weighted by Gasteiger charge is -2.05. The molecule has 5 heteroatoms. The lowest BCUT2D eigenvalue weighted by molar-refractivity contribution is 0.152. The van der Waals surface area contributed by atoms with Crippen LogP contribution in [-0.4, -0.2) is 4.98 Å². The number of anilines is 1. The minimum Gasteiger partial charge on any atom is -0.397 e. The molecular weight excluding hydrogens is 169 g/mol. The monoisotopic (exact) mass is 176 g/mol. The number of hydrogen-bond donors (Lipinski definition) is 1. The highest BCUT2D eigenvalue weighted by atomic mass is 19.3. The Morgan fingerprint density at radius 3 is 2.67 bits per heavy atom. The smallest absolute Gasteiger partial charge is 0.265 e. The molecule has 0 saturated carbocycles. The lowest BCUT2D eigenvalue weighted by Crippen LogP contribution is -2.01. The van der Waals surface area contributed by atoms with E-state index in [1.54, 1.807) is 0 Å². The van der Waals surface area contributed by atoms with Crippen molar-refractivity contribution in [2.45, 2.75) is 13.1 Å². The molecule has 0 atom stereocenters. The largest absolute Gasteiger partial charge is 0.397 e. The Kier molecular flexibility index (Phi) is 2.52. The molecule has 2 N–H and O–H groups in total. The van der Waals surface area contributed by atoms with Crippen molar-refractivity contribution in [2.24, 2.45) is 0 Å². The second kappa shape index (κ2) is 3.42. The minimum absolute atomic E-state index is 0.132. The summed E-state index contributed by atoms with van der Waals surface area (Å²) in [6.07, 6.45) is -1.56. The van der Waals surface area contributed by atoms with Crippen molar-refractivity contribution >= 4 is 5.69 Å². The van der Waals surface area contributed by atoms with Crippen LogP contribution >= 0.6 is 0 Å². The van der Waals surface area contributed by atoms with Crippen LogP contribution in [0.2, 0.25) is 0 Å². The van der Waals surface area contributed by atoms with E-state index in [2.05, 4.69) is 4.98 Å². The van der Waals surface area contributed by atoms with Gasteiger partial charge in [0.15, 0.2) is 0 Å². The van der Waals surface area contributed by atoms with Crippen LogP contribution in [0.3, 0.4) is 0 Å². The Labute approximate surface area is 67.2 Å². The molecule has 0 saturated heterocycles. The number of hydrogen-bond acceptors (Lipinski definition) is 2. The molecule has 66 valence electrons. The van der Waals surface area contributed by atoms with Gasteiger partial charge in [0.2, 0.25) is 0 Å². The standard InChI is InChI=1S/C7H7F3N2/c8-3-5-6(11)4(7(9)10)1-2-12-5/h1-2,7H,3,11H2. The van der Waals surface area contributed by atoms with Crippen molar-refractivity contribution in [3.63, 3.8) is 0 Å². The zero-order chi connectivity index (χ0) is 9.14. The Morgan fingerprint density at radius 1 is 1.50 bits per heavy atom. The summed E-state index contributed by atoms with van der Waals surface area (Å²) < 4.78 is 36.3. The van der Waals surface area contributed by atoms with E-state index in [1.165, 1.54) is 0 Å². The molecule has 0 fully saturated rings. The van der Waals surface area contributed by atoms with Crippen molar-refractivity contribution in [3.05, 3.63) is 23.5 Å². The topological polar surface area (TPSA) is 38.9 Å². The molecule has 0 unspecified atom stereocenters. The molecule has 1 heterocycles. The van der Waals surface area contributed by atoms with E-state index in [9.17, 15) is 13.2 Å². The van der Waals surface area contributed by atoms with Gasteiger partial charge in [-0.05, 0) is 6.07 Å². The van der Waals surface area contributed by atoms with Gasteiger partial charge >= 0.3 is 0 Å². The molecule has 0 aliphatic heterocycles. The van der Waals surface area contributed by atoms with E-state index < -0.39 is 13.1 Å². The quantitative estimate of drug-likeness (QED) is 0.749. The molecule has 0 bridgehead atoms. The highest BCUT2D eigenvalue weighted by Crippen LogP contribution is 2.26. The lowest BCUT2D eigenvalue weighted by atomic mass is 10.2. The van der Waals surface area contributed by atoms with Gasteiger partial charge in [-0.3, -0.25) is 4.98 Å². The summed E-state index contributed by atoms with van der Waals surface area (Å²) in [5.74, 6) is 0. The molecule has 2 nitrogen and oxygen atoms in total. The third kappa shape index (κ3) is 1.49. The Hall–Kier alpha value is -1.26. The molecular formula is C7H7F3N2. The summed E-state index contributed by atoms with van der Waals surface area (Å²) in [4.78, 5) is 3.51. The van der Waals surface area contributed by atoms with Crippen molar-refractivity contribution in [1.29, 1.82) is 0 Å². The van der Waals surface area contributed by atoms with Gasteiger partial charge in [0, 0.05) is 11.8 Å². The molecule has 1 rings (SSSR count). The van der Waals surface area contributed by atoms with Crippen molar-refractivity contribution < 1.29 is 13.2 Å². The van der Waals surface area contributed by atoms with E-state index in [-0.39, 0.29) is 16.9 Å². The molecule has 0 radical (unpaired) electrons. The van der Waals surface area contributed by atoms with Crippen LogP contribution in [-0.2, 0) is 6.67 Å². The fourth-order valence-corrected chi connectivity index (χ4v) is 0.830. The average molecular weight is 176 g/mol.